The van der Waals surface area contributed by atoms with Crippen LogP contribution in [0.1, 0.15) is 48.9 Å². The monoisotopic (exact) mass is 1080 g/mol. The molecule has 6 amide bonds. The first kappa shape index (κ1) is 61.1. The number of carbonyl (C=O) groups is 9. The van der Waals surface area contributed by atoms with E-state index < -0.39 is 109 Å². The van der Waals surface area contributed by atoms with Gasteiger partial charge in [-0.05, 0) is 54.9 Å². The fraction of sp³-hybridized carbons (Fsp3) is 0.413. The van der Waals surface area contributed by atoms with E-state index >= 15 is 0 Å². The zero-order chi connectivity index (χ0) is 55.7. The van der Waals surface area contributed by atoms with Crippen molar-refractivity contribution in [2.75, 3.05) is 25.1 Å². The summed E-state index contributed by atoms with van der Waals surface area (Å²) in [5, 5.41) is 42.1. The van der Waals surface area contributed by atoms with Crippen LogP contribution in [0.5, 0.6) is 0 Å². The van der Waals surface area contributed by atoms with Gasteiger partial charge in [-0.25, -0.2) is 9.78 Å². The molecule has 0 aliphatic heterocycles. The molecule has 2 aromatic heterocycles. The normalized spacial score (nSPS) is 13.4. The third-order valence-corrected chi connectivity index (χ3v) is 11.4. The standard InChI is InChI=1S/C44H59N13O10S.C2HF3O2/c1-68-17-15-29(45)38(62)53-32(13-14-36(58)59)41(65)57-35(20-27-22-48-24-52-27)43(67)55-33(18-25-8-3-2-4-9-25)42(66)54-31(12-7-16-49-44(46)47)40(64)56-34(39(63)51-23-37(60)61)19-26-21-50-30-11-6-5-10-28(26)30;3-2(4,5)1(6)7/h2-6,8-11,21-22,24,29,31-35,50H,7,12-20,23,45H2,1H3,(H,48,52)(H,51,63)(H,53,62)(H,54,66)(H,55,67)(H,56,64)(H,57,65)(H,58,59)(H,60,61)(H4,46,47,49);(H,6,7)/t29-,31-,32-,33-,34-,35-;/m0./s1. The number of benzene rings is 2. The van der Waals surface area contributed by atoms with Gasteiger partial charge in [0.2, 0.25) is 35.4 Å². The minimum Gasteiger partial charge on any atom is -0.481 e. The number of amides is 6. The van der Waals surface area contributed by atoms with Crippen LogP contribution in [-0.2, 0) is 62.4 Å². The van der Waals surface area contributed by atoms with Crippen LogP contribution in [0.2, 0.25) is 0 Å². The molecule has 29 heteroatoms. The van der Waals surface area contributed by atoms with Gasteiger partial charge in [0, 0.05) is 61.2 Å². The summed E-state index contributed by atoms with van der Waals surface area (Å²) in [6, 6.07) is 7.90. The fourth-order valence-corrected chi connectivity index (χ4v) is 7.44. The summed E-state index contributed by atoms with van der Waals surface area (Å²) < 4.78 is 31.7. The van der Waals surface area contributed by atoms with Crippen molar-refractivity contribution >= 4 is 82.0 Å². The van der Waals surface area contributed by atoms with E-state index in [1.165, 1.54) is 24.3 Å². The van der Waals surface area contributed by atoms with Crippen molar-refractivity contribution in [1.29, 1.82) is 0 Å². The van der Waals surface area contributed by atoms with Crippen LogP contribution in [0.4, 0.5) is 13.2 Å². The molecule has 0 unspecified atom stereocenters. The maximum atomic E-state index is 14.5. The van der Waals surface area contributed by atoms with E-state index in [-0.39, 0.29) is 57.5 Å². The zero-order valence-corrected chi connectivity index (χ0v) is 41.2. The van der Waals surface area contributed by atoms with Crippen molar-refractivity contribution in [2.45, 2.75) is 93.8 Å². The molecule has 0 bridgehead atoms. The van der Waals surface area contributed by atoms with Crippen LogP contribution in [0.25, 0.3) is 10.9 Å². The summed E-state index contributed by atoms with van der Waals surface area (Å²) >= 11 is 1.46. The van der Waals surface area contributed by atoms with E-state index in [0.29, 0.717) is 22.6 Å². The van der Waals surface area contributed by atoms with Gasteiger partial charge < -0.3 is 74.4 Å². The third kappa shape index (κ3) is 22.2. The Morgan fingerprint density at radius 1 is 0.693 bits per heavy atom. The van der Waals surface area contributed by atoms with E-state index in [1.54, 1.807) is 42.6 Å². The second-order valence-corrected chi connectivity index (χ2v) is 17.5. The number of nitrogens with two attached hydrogens (primary N) is 3. The molecule has 0 radical (unpaired) electrons. The Morgan fingerprint density at radius 3 is 1.80 bits per heavy atom. The molecule has 2 aromatic carbocycles. The predicted molar refractivity (Wildman–Crippen MR) is 266 cm³/mol. The molecule has 0 aliphatic carbocycles. The van der Waals surface area contributed by atoms with Crippen molar-refractivity contribution in [3.63, 3.8) is 0 Å². The van der Waals surface area contributed by atoms with E-state index in [4.69, 9.17) is 27.1 Å². The number of H-pyrrole nitrogens is 2. The molecule has 4 rings (SSSR count). The Bertz CT molecular complexity index is 2580. The van der Waals surface area contributed by atoms with Crippen molar-refractivity contribution in [3.05, 3.63) is 90.1 Å². The number of aliphatic carboxylic acids is 3. The minimum atomic E-state index is -5.08. The Labute approximate surface area is 430 Å². The average Bonchev–Trinajstić information content (AvgIpc) is 4.03. The lowest BCUT2D eigenvalue weighted by Crippen LogP contribution is -2.60. The maximum Gasteiger partial charge on any atom is 0.490 e. The Kier molecular flexibility index (Phi) is 25.0. The maximum absolute atomic E-state index is 14.5. The number of aromatic nitrogens is 3. The van der Waals surface area contributed by atoms with Gasteiger partial charge in [0.1, 0.15) is 36.8 Å². The molecule has 6 atom stereocenters. The lowest BCUT2D eigenvalue weighted by Gasteiger charge is -2.27. The van der Waals surface area contributed by atoms with Crippen LogP contribution in [0.3, 0.4) is 0 Å². The lowest BCUT2D eigenvalue weighted by atomic mass is 10.0. The summed E-state index contributed by atoms with van der Waals surface area (Å²) in [6.45, 7) is -0.679. The highest BCUT2D eigenvalue weighted by Crippen LogP contribution is 2.20. The van der Waals surface area contributed by atoms with Crippen LogP contribution < -0.4 is 49.1 Å². The molecule has 0 saturated heterocycles. The summed E-state index contributed by atoms with van der Waals surface area (Å²) in [5.41, 5.74) is 19.5. The van der Waals surface area contributed by atoms with Gasteiger partial charge in [0.15, 0.2) is 5.96 Å². The molecule has 0 saturated carbocycles. The fourth-order valence-electron chi connectivity index (χ4n) is 6.95. The molecule has 17 N–H and O–H groups in total. The van der Waals surface area contributed by atoms with Gasteiger partial charge in [0.05, 0.1) is 12.4 Å². The van der Waals surface area contributed by atoms with Crippen molar-refractivity contribution in [1.82, 2.24) is 46.9 Å². The number of thioether (sulfide) groups is 1. The molecule has 0 aliphatic rings. The number of aliphatic imine (C=N–C) groups is 1. The number of imidazole rings is 1. The number of nitrogens with zero attached hydrogens (tertiary/aromatic N) is 2. The first-order chi connectivity index (χ1) is 35.5. The van der Waals surface area contributed by atoms with Gasteiger partial charge in [-0.1, -0.05) is 48.5 Å². The number of guanidine groups is 1. The number of fused-ring (bicyclic) bond motifs is 1. The number of carboxylic acid groups (broad SMARTS) is 3. The number of hydrogen-bond acceptors (Lipinski definition) is 13. The van der Waals surface area contributed by atoms with Gasteiger partial charge in [-0.15, -0.1) is 0 Å². The summed E-state index contributed by atoms with van der Waals surface area (Å²) in [7, 11) is 0. The highest BCUT2D eigenvalue weighted by molar-refractivity contribution is 7.98. The number of rotatable bonds is 29. The van der Waals surface area contributed by atoms with Gasteiger partial charge >= 0.3 is 24.1 Å². The molecular weight excluding hydrogens is 1020 g/mol. The lowest BCUT2D eigenvalue weighted by molar-refractivity contribution is -0.192. The number of alkyl halides is 3. The number of para-hydroxylation sites is 1. The van der Waals surface area contributed by atoms with Crippen LogP contribution in [0.15, 0.2) is 78.3 Å². The highest BCUT2D eigenvalue weighted by Gasteiger charge is 2.38. The predicted octanol–water partition coefficient (Wildman–Crippen LogP) is -0.824. The molecule has 0 spiro atoms. The van der Waals surface area contributed by atoms with Crippen LogP contribution in [-0.4, -0.2) is 157 Å². The number of aromatic amines is 2. The van der Waals surface area contributed by atoms with Crippen molar-refractivity contribution in [2.24, 2.45) is 22.2 Å². The Hall–Kier alpha value is -8.21. The summed E-state index contributed by atoms with van der Waals surface area (Å²) in [6.07, 6.45) is 0.319. The number of carbonyl (C=O) groups excluding carboxylic acids is 6. The van der Waals surface area contributed by atoms with Crippen molar-refractivity contribution < 1.29 is 71.6 Å². The quantitative estimate of drug-likeness (QED) is 0.0179. The first-order valence-electron chi connectivity index (χ1n) is 22.9. The summed E-state index contributed by atoms with van der Waals surface area (Å²) in [4.78, 5) is 129. The van der Waals surface area contributed by atoms with Crippen LogP contribution in [0, 0.1) is 0 Å². The largest absolute Gasteiger partial charge is 0.490 e. The number of nitrogens with one attached hydrogen (secondary N) is 8. The zero-order valence-electron chi connectivity index (χ0n) is 40.4. The van der Waals surface area contributed by atoms with E-state index in [2.05, 4.69) is 51.8 Å². The second-order valence-electron chi connectivity index (χ2n) is 16.5. The second kappa shape index (κ2) is 30.7. The van der Waals surface area contributed by atoms with Gasteiger partial charge in [-0.2, -0.15) is 24.9 Å². The molecular formula is C46H60F3N13O12S. The molecule has 4 aromatic rings. The number of carboxylic acids is 3. The first-order valence-corrected chi connectivity index (χ1v) is 24.3. The van der Waals surface area contributed by atoms with Crippen molar-refractivity contribution in [3.8, 4) is 0 Å². The molecule has 2 heterocycles. The molecule has 25 nitrogen and oxygen atoms in total. The topological polar surface area (TPSA) is 421 Å². The minimum absolute atomic E-state index is 0.0522. The summed E-state index contributed by atoms with van der Waals surface area (Å²) in [5.74, 6) is -9.90. The Morgan fingerprint density at radius 2 is 1.24 bits per heavy atom. The molecule has 0 fully saturated rings. The molecule has 75 heavy (non-hydrogen) atoms. The molecule has 408 valence electrons. The van der Waals surface area contributed by atoms with E-state index in [1.807, 2.05) is 24.5 Å². The highest BCUT2D eigenvalue weighted by atomic mass is 32.2. The number of halogens is 3. The van der Waals surface area contributed by atoms with Gasteiger partial charge in [-0.3, -0.25) is 43.3 Å². The van der Waals surface area contributed by atoms with E-state index in [0.717, 1.165) is 10.9 Å². The third-order valence-electron chi connectivity index (χ3n) is 10.7. The SMILES string of the molecule is CSCC[C@H](N)C(=O)N[C@@H](CCC(=O)O)C(=O)N[C@@H](Cc1cnc[nH]1)C(=O)N[C@@H](Cc1ccccc1)C(=O)N[C@@H](CCCN=C(N)N)C(=O)N[C@@H](Cc1c[nH]c2ccccc12)C(=O)NCC(=O)O.O=C(O)C(F)(F)F. The smallest absolute Gasteiger partial charge is 0.481 e. The van der Waals surface area contributed by atoms with E-state index in [9.17, 15) is 61.7 Å². The Balaban J connectivity index is 0.00000197. The average molecular weight is 1080 g/mol. The number of hydrogen-bond donors (Lipinski definition) is 14. The van der Waals surface area contributed by atoms with Crippen LogP contribution >= 0.6 is 11.8 Å². The van der Waals surface area contributed by atoms with Gasteiger partial charge in [0.25, 0.3) is 0 Å².